The number of rotatable bonds is 8. The zero-order valence-electron chi connectivity index (χ0n) is 16.4. The molecule has 2 amide bonds. The maximum absolute atomic E-state index is 12.5. The van der Waals surface area contributed by atoms with E-state index in [1.807, 2.05) is 19.2 Å². The number of ether oxygens (including phenoxy) is 2. The zero-order chi connectivity index (χ0) is 20.7. The number of likely N-dealkylation sites (N-methyl/N-ethyl adjacent to an activating group) is 1. The highest BCUT2D eigenvalue weighted by Crippen LogP contribution is 2.27. The lowest BCUT2D eigenvalue weighted by Crippen LogP contribution is -3.08. The summed E-state index contributed by atoms with van der Waals surface area (Å²) in [5, 5.41) is 6.14. The first kappa shape index (κ1) is 21.5. The molecule has 0 saturated carbocycles. The molecular formula is C20H25ClN3O4+. The second kappa shape index (κ2) is 9.96. The van der Waals surface area contributed by atoms with Crippen molar-refractivity contribution in [3.05, 3.63) is 47.0 Å². The van der Waals surface area contributed by atoms with Gasteiger partial charge in [0.15, 0.2) is 6.54 Å². The zero-order valence-corrected chi connectivity index (χ0v) is 17.1. The smallest absolute Gasteiger partial charge is 0.279 e. The molecule has 8 heteroatoms. The van der Waals surface area contributed by atoms with Gasteiger partial charge in [-0.25, -0.2) is 0 Å². The van der Waals surface area contributed by atoms with Crippen LogP contribution in [0.15, 0.2) is 36.4 Å². The Morgan fingerprint density at radius 1 is 1.04 bits per heavy atom. The number of hydrogen-bond donors (Lipinski definition) is 3. The van der Waals surface area contributed by atoms with Crippen molar-refractivity contribution < 1.29 is 24.0 Å². The van der Waals surface area contributed by atoms with E-state index in [0.717, 1.165) is 16.2 Å². The van der Waals surface area contributed by atoms with Gasteiger partial charge in [0, 0.05) is 23.2 Å². The third-order valence-electron chi connectivity index (χ3n) is 3.99. The summed E-state index contributed by atoms with van der Waals surface area (Å²) in [7, 11) is 5.03. The van der Waals surface area contributed by atoms with E-state index in [1.54, 1.807) is 31.4 Å². The summed E-state index contributed by atoms with van der Waals surface area (Å²) >= 11 is 6.07. The fourth-order valence-electron chi connectivity index (χ4n) is 2.83. The predicted octanol–water partition coefficient (Wildman–Crippen LogP) is 1.97. The van der Waals surface area contributed by atoms with E-state index in [4.69, 9.17) is 21.1 Å². The molecule has 7 nitrogen and oxygen atoms in total. The number of nitrogens with one attached hydrogen (secondary N) is 3. The highest BCUT2D eigenvalue weighted by molar-refractivity contribution is 6.30. The minimum Gasteiger partial charge on any atom is -0.496 e. The van der Waals surface area contributed by atoms with E-state index in [-0.39, 0.29) is 18.4 Å². The standard InChI is InChI=1S/C20H24ClN3O4/c1-13(25)22-16-6-8-19(28-4)17(10-16)23-20(26)12-24(2)11-14-9-15(21)5-7-18(14)27-3/h5-10H,11-12H2,1-4H3,(H,22,25)(H,23,26)/p+1. The molecule has 0 aliphatic rings. The van der Waals surface area contributed by atoms with E-state index < -0.39 is 0 Å². The van der Waals surface area contributed by atoms with E-state index in [2.05, 4.69) is 10.6 Å². The van der Waals surface area contributed by atoms with E-state index >= 15 is 0 Å². The molecule has 2 rings (SSSR count). The van der Waals surface area contributed by atoms with Crippen LogP contribution in [0, 0.1) is 0 Å². The SMILES string of the molecule is COc1ccc(Cl)cc1C[NH+](C)CC(=O)Nc1cc(NC(C)=O)ccc1OC. The molecule has 0 spiro atoms. The molecule has 0 aliphatic heterocycles. The Hall–Kier alpha value is -2.77. The monoisotopic (exact) mass is 406 g/mol. The van der Waals surface area contributed by atoms with Crippen LogP contribution in [0.3, 0.4) is 0 Å². The maximum atomic E-state index is 12.5. The molecular weight excluding hydrogens is 382 g/mol. The summed E-state index contributed by atoms with van der Waals surface area (Å²) < 4.78 is 10.6. The number of carbonyl (C=O) groups excluding carboxylic acids is 2. The van der Waals surface area contributed by atoms with Gasteiger partial charge < -0.3 is 25.0 Å². The molecule has 0 radical (unpaired) electrons. The van der Waals surface area contributed by atoms with Gasteiger partial charge in [-0.1, -0.05) is 11.6 Å². The number of benzene rings is 2. The lowest BCUT2D eigenvalue weighted by atomic mass is 10.2. The maximum Gasteiger partial charge on any atom is 0.279 e. The van der Waals surface area contributed by atoms with Crippen LogP contribution in [0.2, 0.25) is 5.02 Å². The average Bonchev–Trinajstić information content (AvgIpc) is 2.61. The van der Waals surface area contributed by atoms with Crippen molar-refractivity contribution in [3.8, 4) is 11.5 Å². The number of anilines is 2. The first-order valence-corrected chi connectivity index (χ1v) is 9.09. The largest absolute Gasteiger partial charge is 0.496 e. The molecule has 0 saturated heterocycles. The Kier molecular flexibility index (Phi) is 7.66. The summed E-state index contributed by atoms with van der Waals surface area (Å²) in [4.78, 5) is 24.7. The summed E-state index contributed by atoms with van der Waals surface area (Å²) in [6.45, 7) is 2.22. The van der Waals surface area contributed by atoms with Gasteiger partial charge in [0.1, 0.15) is 18.0 Å². The van der Waals surface area contributed by atoms with Gasteiger partial charge in [-0.15, -0.1) is 0 Å². The summed E-state index contributed by atoms with van der Waals surface area (Å²) in [5.74, 6) is 0.865. The van der Waals surface area contributed by atoms with Gasteiger partial charge in [-0.3, -0.25) is 9.59 Å². The van der Waals surface area contributed by atoms with Gasteiger partial charge in [0.05, 0.1) is 27.0 Å². The van der Waals surface area contributed by atoms with Crippen LogP contribution in [0.5, 0.6) is 11.5 Å². The summed E-state index contributed by atoms with van der Waals surface area (Å²) in [5.41, 5.74) is 1.99. The molecule has 2 aromatic carbocycles. The molecule has 1 atom stereocenters. The Morgan fingerprint density at radius 2 is 1.71 bits per heavy atom. The van der Waals surface area contributed by atoms with Crippen molar-refractivity contribution in [1.82, 2.24) is 0 Å². The van der Waals surface area contributed by atoms with Crippen molar-refractivity contribution in [3.63, 3.8) is 0 Å². The fourth-order valence-corrected chi connectivity index (χ4v) is 3.02. The van der Waals surface area contributed by atoms with Crippen LogP contribution in [0.4, 0.5) is 11.4 Å². The second-order valence-electron chi connectivity index (χ2n) is 6.41. The van der Waals surface area contributed by atoms with Gasteiger partial charge in [-0.2, -0.15) is 0 Å². The quantitative estimate of drug-likeness (QED) is 0.626. The first-order chi connectivity index (χ1) is 13.3. The number of halogens is 1. The van der Waals surface area contributed by atoms with Crippen LogP contribution in [0.25, 0.3) is 0 Å². The van der Waals surface area contributed by atoms with Gasteiger partial charge in [-0.05, 0) is 36.4 Å². The number of methoxy groups -OCH3 is 2. The third-order valence-corrected chi connectivity index (χ3v) is 4.23. The number of quaternary nitrogens is 1. The molecule has 0 bridgehead atoms. The molecule has 1 unspecified atom stereocenters. The van der Waals surface area contributed by atoms with Crippen molar-refractivity contribution in [2.75, 3.05) is 38.4 Å². The van der Waals surface area contributed by atoms with Crippen LogP contribution in [-0.2, 0) is 16.1 Å². The lowest BCUT2D eigenvalue weighted by molar-refractivity contribution is -0.885. The minimum atomic E-state index is -0.193. The highest BCUT2D eigenvalue weighted by Gasteiger charge is 2.16. The van der Waals surface area contributed by atoms with E-state index in [0.29, 0.717) is 28.7 Å². The van der Waals surface area contributed by atoms with E-state index in [9.17, 15) is 9.59 Å². The summed E-state index contributed by atoms with van der Waals surface area (Å²) in [6.07, 6.45) is 0. The fraction of sp³-hybridized carbons (Fsp3) is 0.300. The highest BCUT2D eigenvalue weighted by atomic mass is 35.5. The summed E-state index contributed by atoms with van der Waals surface area (Å²) in [6, 6.07) is 10.5. The topological polar surface area (TPSA) is 81.1 Å². The molecule has 0 heterocycles. The lowest BCUT2D eigenvalue weighted by Gasteiger charge is -2.17. The molecule has 0 aliphatic carbocycles. The molecule has 0 aromatic heterocycles. The van der Waals surface area contributed by atoms with Crippen molar-refractivity contribution in [2.45, 2.75) is 13.5 Å². The van der Waals surface area contributed by atoms with Crippen LogP contribution in [0.1, 0.15) is 12.5 Å². The average molecular weight is 407 g/mol. The van der Waals surface area contributed by atoms with Crippen LogP contribution < -0.4 is 25.0 Å². The third kappa shape index (κ3) is 6.14. The molecule has 150 valence electrons. The number of carbonyl (C=O) groups is 2. The molecule has 0 fully saturated rings. The number of hydrogen-bond acceptors (Lipinski definition) is 4. The molecule has 28 heavy (non-hydrogen) atoms. The normalized spacial score (nSPS) is 11.5. The Bertz CT molecular complexity index is 857. The first-order valence-electron chi connectivity index (χ1n) is 8.71. The van der Waals surface area contributed by atoms with Gasteiger partial charge >= 0.3 is 0 Å². The second-order valence-corrected chi connectivity index (χ2v) is 6.85. The Balaban J connectivity index is 2.05. The predicted molar refractivity (Wildman–Crippen MR) is 109 cm³/mol. The number of amides is 2. The Morgan fingerprint density at radius 3 is 2.36 bits per heavy atom. The van der Waals surface area contributed by atoms with Gasteiger partial charge in [0.25, 0.3) is 5.91 Å². The van der Waals surface area contributed by atoms with Crippen molar-refractivity contribution >= 4 is 34.8 Å². The molecule has 2 aromatic rings. The van der Waals surface area contributed by atoms with Crippen LogP contribution >= 0.6 is 11.6 Å². The minimum absolute atomic E-state index is 0.184. The van der Waals surface area contributed by atoms with E-state index in [1.165, 1.54) is 14.0 Å². The van der Waals surface area contributed by atoms with Crippen molar-refractivity contribution in [1.29, 1.82) is 0 Å². The van der Waals surface area contributed by atoms with Crippen LogP contribution in [-0.4, -0.2) is 39.6 Å². The molecule has 3 N–H and O–H groups in total. The van der Waals surface area contributed by atoms with Gasteiger partial charge in [0.2, 0.25) is 5.91 Å². The Labute approximate surface area is 169 Å². The van der Waals surface area contributed by atoms with Crippen molar-refractivity contribution in [2.24, 2.45) is 0 Å².